The normalized spacial score (nSPS) is 22.2. The Kier molecular flexibility index (Phi) is 4.48. The summed E-state index contributed by atoms with van der Waals surface area (Å²) in [4.78, 5) is 26.6. The number of esters is 1. The molecule has 0 saturated carbocycles. The number of carbonyl (C=O) groups is 2. The van der Waals surface area contributed by atoms with E-state index in [0.29, 0.717) is 6.42 Å². The molecule has 5 heteroatoms. The molecule has 1 aromatic carbocycles. The number of hydrogen-bond acceptors (Lipinski definition) is 4. The van der Waals surface area contributed by atoms with E-state index in [1.807, 2.05) is 47.8 Å². The second kappa shape index (κ2) is 6.54. The molecule has 0 radical (unpaired) electrons. The number of thiophene rings is 1. The van der Waals surface area contributed by atoms with Crippen LogP contribution in [-0.4, -0.2) is 29.9 Å². The van der Waals surface area contributed by atoms with Gasteiger partial charge in [-0.3, -0.25) is 9.59 Å². The number of rotatable bonds is 4. The number of benzene rings is 1. The quantitative estimate of drug-likeness (QED) is 0.808. The van der Waals surface area contributed by atoms with Crippen LogP contribution in [0.25, 0.3) is 0 Å². The van der Waals surface area contributed by atoms with E-state index in [1.165, 1.54) is 6.92 Å². The Balaban J connectivity index is 2.00. The minimum Gasteiger partial charge on any atom is -0.455 e. The van der Waals surface area contributed by atoms with Crippen LogP contribution >= 0.6 is 11.3 Å². The van der Waals surface area contributed by atoms with Crippen molar-refractivity contribution in [2.75, 3.05) is 7.05 Å². The number of likely N-dealkylation sites (N-methyl/N-ethyl adjacent to an activating group) is 1. The number of nitrogens with zero attached hydrogens (tertiary/aromatic N) is 1. The molecule has 0 bridgehead atoms. The zero-order valence-electron chi connectivity index (χ0n) is 13.1. The van der Waals surface area contributed by atoms with Gasteiger partial charge >= 0.3 is 5.97 Å². The fourth-order valence-electron chi connectivity index (χ4n) is 3.25. The molecule has 0 unspecified atom stereocenters. The van der Waals surface area contributed by atoms with Crippen molar-refractivity contribution in [1.29, 1.82) is 0 Å². The molecule has 0 N–H and O–H groups in total. The fraction of sp³-hybridized carbons (Fsp3) is 0.333. The largest absolute Gasteiger partial charge is 0.455 e. The van der Waals surface area contributed by atoms with Gasteiger partial charge in [-0.15, -0.1) is 11.3 Å². The first-order valence-corrected chi connectivity index (χ1v) is 8.47. The lowest BCUT2D eigenvalue weighted by atomic mass is 9.88. The van der Waals surface area contributed by atoms with E-state index < -0.39 is 6.10 Å². The molecule has 2 aromatic rings. The number of carbonyl (C=O) groups excluding carboxylic acids is 2. The van der Waals surface area contributed by atoms with Crippen molar-refractivity contribution in [3.8, 4) is 0 Å². The highest BCUT2D eigenvalue weighted by atomic mass is 32.1. The number of hydrogen-bond donors (Lipinski definition) is 0. The SMILES string of the molecule is CC(=O)O[C@@H](c1cccs1)[C@H]1[C@@H](c2ccccc2)CC(=O)N1C. The lowest BCUT2D eigenvalue weighted by Crippen LogP contribution is -2.38. The molecule has 1 fully saturated rings. The summed E-state index contributed by atoms with van der Waals surface area (Å²) in [5.74, 6) is -0.235. The first-order chi connectivity index (χ1) is 11.1. The number of amides is 1. The standard InChI is InChI=1S/C18H19NO3S/c1-12(20)22-18(15-9-6-10-23-15)17-14(11-16(21)19(17)2)13-7-4-3-5-8-13/h3-10,14,17-18H,11H2,1-2H3/t14-,17-,18+/m1/s1. The summed E-state index contributed by atoms with van der Waals surface area (Å²) in [6.07, 6.45) is 0.00284. The molecule has 120 valence electrons. The highest BCUT2D eigenvalue weighted by Crippen LogP contribution is 2.42. The average molecular weight is 329 g/mol. The van der Waals surface area contributed by atoms with Gasteiger partial charge in [0.15, 0.2) is 6.10 Å². The van der Waals surface area contributed by atoms with Gasteiger partial charge in [-0.05, 0) is 17.0 Å². The third-order valence-electron chi connectivity index (χ3n) is 4.30. The summed E-state index contributed by atoms with van der Waals surface area (Å²) in [5.41, 5.74) is 1.10. The second-order valence-electron chi connectivity index (χ2n) is 5.76. The third-order valence-corrected chi connectivity index (χ3v) is 5.24. The molecule has 23 heavy (non-hydrogen) atoms. The van der Waals surface area contributed by atoms with Gasteiger partial charge < -0.3 is 9.64 Å². The summed E-state index contributed by atoms with van der Waals surface area (Å²) in [6.45, 7) is 1.41. The minimum absolute atomic E-state index is 0.0140. The molecular weight excluding hydrogens is 310 g/mol. The molecule has 1 amide bonds. The predicted octanol–water partition coefficient (Wildman–Crippen LogP) is 3.37. The van der Waals surface area contributed by atoms with E-state index in [1.54, 1.807) is 23.3 Å². The van der Waals surface area contributed by atoms with Crippen molar-refractivity contribution in [2.45, 2.75) is 31.4 Å². The Morgan fingerprint density at radius 1 is 1.26 bits per heavy atom. The number of ether oxygens (including phenoxy) is 1. The third kappa shape index (κ3) is 3.15. The first kappa shape index (κ1) is 15.7. The summed E-state index contributed by atoms with van der Waals surface area (Å²) in [5, 5.41) is 1.96. The lowest BCUT2D eigenvalue weighted by molar-refractivity contribution is -0.151. The summed E-state index contributed by atoms with van der Waals surface area (Å²) >= 11 is 1.55. The van der Waals surface area contributed by atoms with Gasteiger partial charge in [0.05, 0.1) is 6.04 Å². The van der Waals surface area contributed by atoms with Gasteiger partial charge in [-0.2, -0.15) is 0 Å². The monoisotopic (exact) mass is 329 g/mol. The van der Waals surface area contributed by atoms with Gasteiger partial charge in [0.2, 0.25) is 5.91 Å². The van der Waals surface area contributed by atoms with Crippen LogP contribution in [0.3, 0.4) is 0 Å². The maximum atomic E-state index is 12.3. The summed E-state index contributed by atoms with van der Waals surface area (Å²) in [7, 11) is 1.79. The Labute approximate surface area is 139 Å². The van der Waals surface area contributed by atoms with Crippen LogP contribution in [0.2, 0.25) is 0 Å². The van der Waals surface area contributed by atoms with Gasteiger partial charge in [0, 0.05) is 31.2 Å². The topological polar surface area (TPSA) is 46.6 Å². The van der Waals surface area contributed by atoms with Crippen LogP contribution < -0.4 is 0 Å². The van der Waals surface area contributed by atoms with Crippen molar-refractivity contribution >= 4 is 23.2 Å². The highest BCUT2D eigenvalue weighted by Gasteiger charge is 2.45. The van der Waals surface area contributed by atoms with Crippen LogP contribution in [0.4, 0.5) is 0 Å². The molecule has 3 atom stereocenters. The molecule has 0 aliphatic carbocycles. The van der Waals surface area contributed by atoms with E-state index in [4.69, 9.17) is 4.74 Å². The average Bonchev–Trinajstić information content (AvgIpc) is 3.16. The molecule has 3 rings (SSSR count). The Hall–Kier alpha value is -2.14. The van der Waals surface area contributed by atoms with E-state index in [2.05, 4.69) is 0 Å². The highest BCUT2D eigenvalue weighted by molar-refractivity contribution is 7.10. The van der Waals surface area contributed by atoms with Crippen molar-refractivity contribution in [3.63, 3.8) is 0 Å². The summed E-state index contributed by atoms with van der Waals surface area (Å²) < 4.78 is 5.63. The maximum absolute atomic E-state index is 12.3. The van der Waals surface area contributed by atoms with E-state index in [-0.39, 0.29) is 23.8 Å². The van der Waals surface area contributed by atoms with Crippen LogP contribution in [0.5, 0.6) is 0 Å². The Morgan fingerprint density at radius 3 is 2.61 bits per heavy atom. The molecule has 0 spiro atoms. The van der Waals surface area contributed by atoms with E-state index >= 15 is 0 Å². The van der Waals surface area contributed by atoms with Gasteiger partial charge in [0.25, 0.3) is 0 Å². The van der Waals surface area contributed by atoms with Gasteiger partial charge in [0.1, 0.15) is 0 Å². The fourth-order valence-corrected chi connectivity index (χ4v) is 4.04. The molecule has 1 saturated heterocycles. The molecular formula is C18H19NO3S. The first-order valence-electron chi connectivity index (χ1n) is 7.59. The van der Waals surface area contributed by atoms with Crippen molar-refractivity contribution in [2.24, 2.45) is 0 Å². The van der Waals surface area contributed by atoms with Gasteiger partial charge in [-0.1, -0.05) is 36.4 Å². The molecule has 2 heterocycles. The minimum atomic E-state index is -0.436. The second-order valence-corrected chi connectivity index (χ2v) is 6.74. The van der Waals surface area contributed by atoms with Crippen LogP contribution in [-0.2, 0) is 14.3 Å². The number of likely N-dealkylation sites (tertiary alicyclic amines) is 1. The molecule has 1 aliphatic rings. The Bertz CT molecular complexity index is 684. The smallest absolute Gasteiger partial charge is 0.303 e. The van der Waals surface area contributed by atoms with Crippen LogP contribution in [0.15, 0.2) is 47.8 Å². The Morgan fingerprint density at radius 2 is 2.00 bits per heavy atom. The van der Waals surface area contributed by atoms with Crippen molar-refractivity contribution < 1.29 is 14.3 Å². The van der Waals surface area contributed by atoms with E-state index in [9.17, 15) is 9.59 Å². The molecule has 4 nitrogen and oxygen atoms in total. The zero-order chi connectivity index (χ0) is 16.4. The molecule has 1 aliphatic heterocycles. The van der Waals surface area contributed by atoms with Crippen LogP contribution in [0, 0.1) is 0 Å². The summed E-state index contributed by atoms with van der Waals surface area (Å²) in [6, 6.07) is 13.7. The lowest BCUT2D eigenvalue weighted by Gasteiger charge is -2.32. The zero-order valence-corrected chi connectivity index (χ0v) is 14.0. The molecule has 1 aromatic heterocycles. The van der Waals surface area contributed by atoms with Gasteiger partial charge in [-0.25, -0.2) is 0 Å². The van der Waals surface area contributed by atoms with Crippen LogP contribution in [0.1, 0.15) is 35.8 Å². The van der Waals surface area contributed by atoms with Crippen molar-refractivity contribution in [3.05, 3.63) is 58.3 Å². The maximum Gasteiger partial charge on any atom is 0.303 e. The van der Waals surface area contributed by atoms with Crippen molar-refractivity contribution in [1.82, 2.24) is 4.90 Å². The van der Waals surface area contributed by atoms with E-state index in [0.717, 1.165) is 10.4 Å². The predicted molar refractivity (Wildman–Crippen MR) is 89.2 cm³/mol.